The minimum atomic E-state index is -0.485. The second kappa shape index (κ2) is 10.3. The zero-order valence-corrected chi connectivity index (χ0v) is 15.3. The molecule has 0 spiro atoms. The Morgan fingerprint density at radius 1 is 1.26 bits per heavy atom. The molecule has 0 fully saturated rings. The van der Waals surface area contributed by atoms with Crippen molar-refractivity contribution in [2.24, 2.45) is 0 Å². The Bertz CT molecular complexity index is 475. The van der Waals surface area contributed by atoms with Crippen LogP contribution >= 0.6 is 11.8 Å². The topological polar surface area (TPSA) is 59.6 Å². The quantitative estimate of drug-likeness (QED) is 0.670. The maximum Gasteiger partial charge on any atom is 0.407 e. The van der Waals surface area contributed by atoms with Crippen molar-refractivity contribution in [3.8, 4) is 5.75 Å². The second-order valence-corrected chi connectivity index (χ2v) is 7.06. The lowest BCUT2D eigenvalue weighted by atomic mass is 10.2. The lowest BCUT2D eigenvalue weighted by Gasteiger charge is -2.19. The standard InChI is InChI=1S/C17H28N2O3S/c1-17(2,3)22-16(20)19-10-11-21-15-8-5-7-14(13-15)18-9-6-12-23-4/h5,7-8,13,18H,6,9-12H2,1-4H3,(H,19,20). The molecule has 0 aliphatic carbocycles. The third-order valence-electron chi connectivity index (χ3n) is 2.73. The zero-order chi connectivity index (χ0) is 17.1. The van der Waals surface area contributed by atoms with Gasteiger partial charge < -0.3 is 20.1 Å². The van der Waals surface area contributed by atoms with Crippen LogP contribution in [0.2, 0.25) is 0 Å². The molecule has 0 radical (unpaired) electrons. The summed E-state index contributed by atoms with van der Waals surface area (Å²) < 4.78 is 10.8. The third-order valence-corrected chi connectivity index (χ3v) is 3.42. The molecule has 0 atom stereocenters. The van der Waals surface area contributed by atoms with Gasteiger partial charge in [-0.2, -0.15) is 11.8 Å². The monoisotopic (exact) mass is 340 g/mol. The molecule has 1 aromatic carbocycles. The fraction of sp³-hybridized carbons (Fsp3) is 0.588. The van der Waals surface area contributed by atoms with E-state index < -0.39 is 11.7 Å². The van der Waals surface area contributed by atoms with Gasteiger partial charge in [-0.15, -0.1) is 0 Å². The molecule has 0 aliphatic rings. The van der Waals surface area contributed by atoms with Crippen LogP contribution in [0, 0.1) is 0 Å². The lowest BCUT2D eigenvalue weighted by molar-refractivity contribution is 0.0520. The maximum atomic E-state index is 11.5. The molecule has 0 unspecified atom stereocenters. The minimum absolute atomic E-state index is 0.398. The summed E-state index contributed by atoms with van der Waals surface area (Å²) in [6.07, 6.45) is 2.82. The number of carbonyl (C=O) groups excluding carboxylic acids is 1. The van der Waals surface area contributed by atoms with Gasteiger partial charge in [-0.25, -0.2) is 4.79 Å². The largest absolute Gasteiger partial charge is 0.492 e. The van der Waals surface area contributed by atoms with Crippen molar-refractivity contribution in [1.29, 1.82) is 0 Å². The van der Waals surface area contributed by atoms with Gasteiger partial charge in [-0.1, -0.05) is 6.07 Å². The summed E-state index contributed by atoms with van der Waals surface area (Å²) in [4.78, 5) is 11.5. The van der Waals surface area contributed by atoms with E-state index in [1.54, 1.807) is 0 Å². The van der Waals surface area contributed by atoms with Crippen LogP contribution in [0.4, 0.5) is 10.5 Å². The van der Waals surface area contributed by atoms with E-state index in [0.717, 1.165) is 30.2 Å². The first-order chi connectivity index (χ1) is 10.9. The molecule has 0 aliphatic heterocycles. The molecule has 0 bridgehead atoms. The Labute approximate surface area is 143 Å². The van der Waals surface area contributed by atoms with Crippen LogP contribution in [0.5, 0.6) is 5.75 Å². The van der Waals surface area contributed by atoms with Gasteiger partial charge in [-0.3, -0.25) is 0 Å². The predicted octanol–water partition coefficient (Wildman–Crippen LogP) is 3.76. The zero-order valence-electron chi connectivity index (χ0n) is 14.5. The molecule has 5 nitrogen and oxygen atoms in total. The summed E-state index contributed by atoms with van der Waals surface area (Å²) in [6, 6.07) is 7.84. The van der Waals surface area contributed by atoms with Crippen molar-refractivity contribution in [2.75, 3.05) is 37.0 Å². The molecule has 0 saturated heterocycles. The van der Waals surface area contributed by atoms with E-state index >= 15 is 0 Å². The molecule has 0 heterocycles. The van der Waals surface area contributed by atoms with Crippen LogP contribution in [-0.4, -0.2) is 43.4 Å². The Morgan fingerprint density at radius 3 is 2.74 bits per heavy atom. The van der Waals surface area contributed by atoms with E-state index in [1.807, 2.05) is 56.8 Å². The van der Waals surface area contributed by atoms with E-state index in [0.29, 0.717) is 13.2 Å². The molecule has 0 aromatic heterocycles. The van der Waals surface area contributed by atoms with E-state index in [9.17, 15) is 4.79 Å². The van der Waals surface area contributed by atoms with E-state index in [-0.39, 0.29) is 0 Å². The Kier molecular flexibility index (Phi) is 8.69. The van der Waals surface area contributed by atoms with Crippen molar-refractivity contribution in [1.82, 2.24) is 5.32 Å². The van der Waals surface area contributed by atoms with Crippen molar-refractivity contribution in [3.63, 3.8) is 0 Å². The molecule has 0 saturated carbocycles. The van der Waals surface area contributed by atoms with Crippen LogP contribution in [0.15, 0.2) is 24.3 Å². The number of benzene rings is 1. The highest BCUT2D eigenvalue weighted by Crippen LogP contribution is 2.17. The second-order valence-electron chi connectivity index (χ2n) is 6.08. The number of ether oxygens (including phenoxy) is 2. The summed E-state index contributed by atoms with van der Waals surface area (Å²) in [5.41, 5.74) is 0.560. The number of hydrogen-bond donors (Lipinski definition) is 2. The Hall–Kier alpha value is -1.56. The number of amides is 1. The van der Waals surface area contributed by atoms with Crippen LogP contribution in [0.25, 0.3) is 0 Å². The first-order valence-corrected chi connectivity index (χ1v) is 9.22. The van der Waals surface area contributed by atoms with Crippen LogP contribution in [0.1, 0.15) is 27.2 Å². The molecule has 23 heavy (non-hydrogen) atoms. The molecule has 6 heteroatoms. The Balaban J connectivity index is 2.25. The SMILES string of the molecule is CSCCCNc1cccc(OCCNC(=O)OC(C)(C)C)c1. The number of hydrogen-bond acceptors (Lipinski definition) is 5. The maximum absolute atomic E-state index is 11.5. The average Bonchev–Trinajstić information content (AvgIpc) is 2.47. The van der Waals surface area contributed by atoms with Gasteiger partial charge >= 0.3 is 6.09 Å². The molecule has 1 aromatic rings. The smallest absolute Gasteiger partial charge is 0.407 e. The van der Waals surface area contributed by atoms with Gasteiger partial charge in [0, 0.05) is 18.3 Å². The van der Waals surface area contributed by atoms with E-state index in [2.05, 4.69) is 16.9 Å². The van der Waals surface area contributed by atoms with Gasteiger partial charge in [-0.05, 0) is 51.3 Å². The highest BCUT2D eigenvalue weighted by Gasteiger charge is 2.15. The molecule has 130 valence electrons. The van der Waals surface area contributed by atoms with Crippen LogP contribution in [-0.2, 0) is 4.74 Å². The van der Waals surface area contributed by atoms with Crippen molar-refractivity contribution in [3.05, 3.63) is 24.3 Å². The number of carbonyl (C=O) groups is 1. The van der Waals surface area contributed by atoms with Crippen LogP contribution in [0.3, 0.4) is 0 Å². The summed E-state index contributed by atoms with van der Waals surface area (Å²) >= 11 is 1.85. The van der Waals surface area contributed by atoms with Gasteiger partial charge in [0.15, 0.2) is 0 Å². The minimum Gasteiger partial charge on any atom is -0.492 e. The van der Waals surface area contributed by atoms with Gasteiger partial charge in [0.25, 0.3) is 0 Å². The summed E-state index contributed by atoms with van der Waals surface area (Å²) in [5.74, 6) is 1.94. The summed E-state index contributed by atoms with van der Waals surface area (Å²) in [6.45, 7) is 7.25. The molecule has 1 rings (SSSR count). The number of alkyl carbamates (subject to hydrolysis) is 1. The van der Waals surface area contributed by atoms with Gasteiger partial charge in [0.1, 0.15) is 18.0 Å². The third kappa shape index (κ3) is 9.94. The predicted molar refractivity (Wildman–Crippen MR) is 97.7 cm³/mol. The van der Waals surface area contributed by atoms with Gasteiger partial charge in [0.05, 0.1) is 6.54 Å². The molecule has 1 amide bonds. The van der Waals surface area contributed by atoms with Crippen molar-refractivity contribution in [2.45, 2.75) is 32.8 Å². The highest BCUT2D eigenvalue weighted by molar-refractivity contribution is 7.98. The molecular formula is C17H28N2O3S. The normalized spacial score (nSPS) is 11.0. The molecular weight excluding hydrogens is 312 g/mol. The van der Waals surface area contributed by atoms with E-state index in [4.69, 9.17) is 9.47 Å². The average molecular weight is 340 g/mol. The lowest BCUT2D eigenvalue weighted by Crippen LogP contribution is -2.34. The van der Waals surface area contributed by atoms with E-state index in [1.165, 1.54) is 0 Å². The fourth-order valence-corrected chi connectivity index (χ4v) is 2.21. The summed E-state index contributed by atoms with van der Waals surface area (Å²) in [5, 5.41) is 6.04. The number of anilines is 1. The first kappa shape index (κ1) is 19.5. The summed E-state index contributed by atoms with van der Waals surface area (Å²) in [7, 11) is 0. The van der Waals surface area contributed by atoms with Gasteiger partial charge in [0.2, 0.25) is 0 Å². The number of rotatable bonds is 9. The Morgan fingerprint density at radius 2 is 2.04 bits per heavy atom. The van der Waals surface area contributed by atoms with Crippen LogP contribution < -0.4 is 15.4 Å². The van der Waals surface area contributed by atoms with Crippen molar-refractivity contribution >= 4 is 23.5 Å². The molecule has 2 N–H and O–H groups in total. The number of thioether (sulfide) groups is 1. The number of nitrogens with one attached hydrogen (secondary N) is 2. The highest BCUT2D eigenvalue weighted by atomic mass is 32.2. The van der Waals surface area contributed by atoms with Crippen molar-refractivity contribution < 1.29 is 14.3 Å². The first-order valence-electron chi connectivity index (χ1n) is 7.83. The fourth-order valence-electron chi connectivity index (χ4n) is 1.78.